The molecule has 0 bridgehead atoms. The van der Waals surface area contributed by atoms with Crippen molar-refractivity contribution in [2.24, 2.45) is 0 Å². The van der Waals surface area contributed by atoms with Crippen molar-refractivity contribution in [2.75, 3.05) is 32.2 Å². The summed E-state index contributed by atoms with van der Waals surface area (Å²) in [5.74, 6) is -0.566. The number of nitrogens with one attached hydrogen (secondary N) is 1. The summed E-state index contributed by atoms with van der Waals surface area (Å²) in [6.07, 6.45) is 0.685. The van der Waals surface area contributed by atoms with Gasteiger partial charge in [-0.1, -0.05) is 19.1 Å². The Labute approximate surface area is 252 Å². The number of ether oxygens (including phenoxy) is 3. The Hall–Kier alpha value is -4.32. The molecule has 3 aromatic carbocycles. The van der Waals surface area contributed by atoms with Gasteiger partial charge in [0, 0.05) is 18.7 Å². The minimum absolute atomic E-state index is 0.00120. The van der Waals surface area contributed by atoms with Crippen molar-refractivity contribution in [1.82, 2.24) is 10.2 Å². The molecule has 3 rings (SSSR count). The Morgan fingerprint density at radius 3 is 2.19 bits per heavy atom. The van der Waals surface area contributed by atoms with Crippen LogP contribution in [0.25, 0.3) is 0 Å². The van der Waals surface area contributed by atoms with Gasteiger partial charge in [0.15, 0.2) is 11.5 Å². The van der Waals surface area contributed by atoms with Crippen molar-refractivity contribution in [3.63, 3.8) is 0 Å². The first-order chi connectivity index (χ1) is 20.4. The van der Waals surface area contributed by atoms with Crippen LogP contribution in [0.5, 0.6) is 17.2 Å². The number of anilines is 1. The van der Waals surface area contributed by atoms with Crippen molar-refractivity contribution in [3.8, 4) is 17.2 Å². The van der Waals surface area contributed by atoms with Crippen LogP contribution in [0, 0.1) is 5.82 Å². The summed E-state index contributed by atoms with van der Waals surface area (Å²) in [7, 11) is -0.0861. The van der Waals surface area contributed by atoms with Gasteiger partial charge < -0.3 is 24.4 Å². The average molecular weight is 616 g/mol. The van der Waals surface area contributed by atoms with Gasteiger partial charge in [0.1, 0.15) is 24.2 Å². The monoisotopic (exact) mass is 615 g/mol. The number of hydrogen-bond acceptors (Lipinski definition) is 7. The normalized spacial score (nSPS) is 12.5. The van der Waals surface area contributed by atoms with Crippen molar-refractivity contribution in [2.45, 2.75) is 50.7 Å². The Morgan fingerprint density at radius 2 is 1.58 bits per heavy atom. The fraction of sp³-hybridized carbons (Fsp3) is 0.355. The number of nitrogens with zero attached hydrogens (tertiary/aromatic N) is 2. The van der Waals surface area contributed by atoms with Gasteiger partial charge in [0.05, 0.1) is 31.9 Å². The minimum Gasteiger partial charge on any atom is -0.497 e. The predicted molar refractivity (Wildman–Crippen MR) is 161 cm³/mol. The standard InChI is InChI=1S/C31H38FN3O7S/c1-7-21(2)33-31(37)22(3)34(19-23-9-8-10-26(17-23)40-4)30(36)20-35(25-13-11-24(32)12-14-25)43(38,39)27-15-16-28(41-5)29(18-27)42-6/h8-18,21-22H,7,19-20H2,1-6H3,(H,33,37)/t21-,22-/m0/s1. The number of carbonyl (C=O) groups is 2. The summed E-state index contributed by atoms with van der Waals surface area (Å²) >= 11 is 0. The quantitative estimate of drug-likeness (QED) is 0.286. The first-order valence-corrected chi connectivity index (χ1v) is 15.1. The first kappa shape index (κ1) is 33.2. The number of sulfonamides is 1. The van der Waals surface area contributed by atoms with E-state index in [0.29, 0.717) is 23.5 Å². The van der Waals surface area contributed by atoms with Crippen molar-refractivity contribution in [3.05, 3.63) is 78.1 Å². The van der Waals surface area contributed by atoms with Crippen LogP contribution in [0.2, 0.25) is 0 Å². The number of methoxy groups -OCH3 is 3. The van der Waals surface area contributed by atoms with Gasteiger partial charge in [-0.2, -0.15) is 0 Å². The minimum atomic E-state index is -4.40. The second-order valence-corrected chi connectivity index (χ2v) is 11.7. The second kappa shape index (κ2) is 14.7. The third kappa shape index (κ3) is 8.16. The van der Waals surface area contributed by atoms with E-state index in [2.05, 4.69) is 5.32 Å². The smallest absolute Gasteiger partial charge is 0.264 e. The highest BCUT2D eigenvalue weighted by Gasteiger charge is 2.33. The van der Waals surface area contributed by atoms with E-state index in [9.17, 15) is 22.4 Å². The molecule has 3 aromatic rings. The second-order valence-electron chi connectivity index (χ2n) is 9.87. The lowest BCUT2D eigenvalue weighted by Crippen LogP contribution is -2.52. The molecule has 2 atom stereocenters. The lowest BCUT2D eigenvalue weighted by Gasteiger charge is -2.32. The third-order valence-electron chi connectivity index (χ3n) is 6.99. The molecule has 232 valence electrons. The first-order valence-electron chi connectivity index (χ1n) is 13.7. The molecule has 12 heteroatoms. The Morgan fingerprint density at radius 1 is 0.907 bits per heavy atom. The van der Waals surface area contributed by atoms with Crippen LogP contribution in [-0.2, 0) is 26.2 Å². The molecule has 0 fully saturated rings. The van der Waals surface area contributed by atoms with Gasteiger partial charge in [0.2, 0.25) is 11.8 Å². The molecular weight excluding hydrogens is 577 g/mol. The largest absolute Gasteiger partial charge is 0.497 e. The van der Waals surface area contributed by atoms with Crippen molar-refractivity contribution < 1.29 is 36.6 Å². The highest BCUT2D eigenvalue weighted by atomic mass is 32.2. The van der Waals surface area contributed by atoms with Crippen LogP contribution in [-0.4, -0.2) is 65.1 Å². The van der Waals surface area contributed by atoms with E-state index in [1.165, 1.54) is 56.6 Å². The molecular formula is C31H38FN3O7S. The Bertz CT molecular complexity index is 1520. The average Bonchev–Trinajstić information content (AvgIpc) is 3.01. The summed E-state index contributed by atoms with van der Waals surface area (Å²) in [6.45, 7) is 4.69. The molecule has 0 aliphatic heterocycles. The molecule has 10 nitrogen and oxygen atoms in total. The zero-order chi connectivity index (χ0) is 31.7. The van der Waals surface area contributed by atoms with Gasteiger partial charge in [0.25, 0.3) is 10.0 Å². The molecule has 0 unspecified atom stereocenters. The molecule has 0 saturated heterocycles. The summed E-state index contributed by atoms with van der Waals surface area (Å²) in [5.41, 5.74) is 0.731. The number of benzene rings is 3. The molecule has 43 heavy (non-hydrogen) atoms. The predicted octanol–water partition coefficient (Wildman–Crippen LogP) is 4.38. The summed E-state index contributed by atoms with van der Waals surface area (Å²) < 4.78 is 58.6. The number of rotatable bonds is 14. The van der Waals surface area contributed by atoms with Crippen molar-refractivity contribution >= 4 is 27.5 Å². The molecule has 0 radical (unpaired) electrons. The molecule has 0 saturated carbocycles. The molecule has 2 amide bonds. The van der Waals surface area contributed by atoms with Gasteiger partial charge in [-0.15, -0.1) is 0 Å². The Kier molecular flexibility index (Phi) is 11.4. The third-order valence-corrected chi connectivity index (χ3v) is 8.76. The SMILES string of the molecule is CC[C@H](C)NC(=O)[C@H](C)N(Cc1cccc(OC)c1)C(=O)CN(c1ccc(F)cc1)S(=O)(=O)c1ccc(OC)c(OC)c1. The molecule has 0 aromatic heterocycles. The van der Waals surface area contributed by atoms with Crippen LogP contribution in [0.15, 0.2) is 71.6 Å². The zero-order valence-electron chi connectivity index (χ0n) is 25.2. The fourth-order valence-electron chi connectivity index (χ4n) is 4.26. The van der Waals surface area contributed by atoms with E-state index in [-0.39, 0.29) is 34.8 Å². The van der Waals surface area contributed by atoms with Gasteiger partial charge in [-0.05, 0) is 74.4 Å². The van der Waals surface area contributed by atoms with Crippen LogP contribution in [0.4, 0.5) is 10.1 Å². The van der Waals surface area contributed by atoms with E-state index in [1.807, 2.05) is 13.8 Å². The van der Waals surface area contributed by atoms with E-state index in [0.717, 1.165) is 16.4 Å². The van der Waals surface area contributed by atoms with E-state index in [1.54, 1.807) is 31.2 Å². The van der Waals surface area contributed by atoms with Crippen LogP contribution >= 0.6 is 0 Å². The number of carbonyl (C=O) groups excluding carboxylic acids is 2. The fourth-order valence-corrected chi connectivity index (χ4v) is 5.69. The lowest BCUT2D eigenvalue weighted by molar-refractivity contribution is -0.139. The molecule has 0 heterocycles. The maximum Gasteiger partial charge on any atom is 0.264 e. The molecule has 0 aliphatic rings. The molecule has 1 N–H and O–H groups in total. The summed E-state index contributed by atoms with van der Waals surface area (Å²) in [6, 6.07) is 14.7. The zero-order valence-corrected chi connectivity index (χ0v) is 26.0. The van der Waals surface area contributed by atoms with Gasteiger partial charge in [-0.25, -0.2) is 12.8 Å². The Balaban J connectivity index is 2.07. The maximum absolute atomic E-state index is 14.0. The lowest BCUT2D eigenvalue weighted by atomic mass is 10.1. The van der Waals surface area contributed by atoms with Crippen LogP contribution < -0.4 is 23.8 Å². The van der Waals surface area contributed by atoms with E-state index >= 15 is 0 Å². The summed E-state index contributed by atoms with van der Waals surface area (Å²) in [5, 5.41) is 2.89. The topological polar surface area (TPSA) is 114 Å². The van der Waals surface area contributed by atoms with E-state index < -0.39 is 34.3 Å². The van der Waals surface area contributed by atoms with E-state index in [4.69, 9.17) is 14.2 Å². The highest BCUT2D eigenvalue weighted by Crippen LogP contribution is 2.32. The van der Waals surface area contributed by atoms with Gasteiger partial charge >= 0.3 is 0 Å². The number of hydrogen-bond donors (Lipinski definition) is 1. The molecule has 0 spiro atoms. The number of amides is 2. The van der Waals surface area contributed by atoms with Gasteiger partial charge in [-0.3, -0.25) is 13.9 Å². The maximum atomic E-state index is 14.0. The number of halogens is 1. The highest BCUT2D eigenvalue weighted by molar-refractivity contribution is 7.92. The van der Waals surface area contributed by atoms with Crippen molar-refractivity contribution in [1.29, 1.82) is 0 Å². The summed E-state index contributed by atoms with van der Waals surface area (Å²) in [4.78, 5) is 28.4. The molecule has 0 aliphatic carbocycles. The van der Waals surface area contributed by atoms with Crippen LogP contribution in [0.3, 0.4) is 0 Å². The van der Waals surface area contributed by atoms with Crippen LogP contribution in [0.1, 0.15) is 32.8 Å².